The third kappa shape index (κ3) is 3.36. The molecule has 82 valence electrons. The van der Waals surface area contributed by atoms with Gasteiger partial charge >= 0.3 is 0 Å². The van der Waals surface area contributed by atoms with E-state index in [9.17, 15) is 4.39 Å². The van der Waals surface area contributed by atoms with E-state index in [1.165, 1.54) is 25.0 Å². The van der Waals surface area contributed by atoms with Crippen molar-refractivity contribution in [3.05, 3.63) is 29.0 Å². The van der Waals surface area contributed by atoms with Crippen molar-refractivity contribution in [3.63, 3.8) is 0 Å². The smallest absolute Gasteiger partial charge is 0.145 e. The van der Waals surface area contributed by atoms with Gasteiger partial charge in [0, 0.05) is 18.7 Å². The highest BCUT2D eigenvalue weighted by Gasteiger charge is 2.19. The summed E-state index contributed by atoms with van der Waals surface area (Å²) in [5.74, 6) is 0.0822. The standard InChI is InChI=1S/C11H13ClFNO/c12-10-4-3-9(7-11(10)13)15-6-5-14-8-1-2-8/h3-4,7-8,14H,1-2,5-6H2. The molecule has 1 fully saturated rings. The number of ether oxygens (including phenoxy) is 1. The van der Waals surface area contributed by atoms with Crippen molar-refractivity contribution < 1.29 is 9.13 Å². The fourth-order valence-electron chi connectivity index (χ4n) is 1.29. The number of halogens is 2. The lowest BCUT2D eigenvalue weighted by Crippen LogP contribution is -2.22. The second kappa shape index (κ2) is 4.81. The maximum Gasteiger partial charge on any atom is 0.145 e. The molecule has 0 bridgehead atoms. The highest BCUT2D eigenvalue weighted by Crippen LogP contribution is 2.20. The van der Waals surface area contributed by atoms with Gasteiger partial charge in [-0.15, -0.1) is 0 Å². The molecule has 0 radical (unpaired) electrons. The number of benzene rings is 1. The van der Waals surface area contributed by atoms with Crippen LogP contribution in [0.15, 0.2) is 18.2 Å². The van der Waals surface area contributed by atoms with Gasteiger partial charge in [0.2, 0.25) is 0 Å². The third-order valence-corrected chi connectivity index (χ3v) is 2.58. The summed E-state index contributed by atoms with van der Waals surface area (Å²) in [5.41, 5.74) is 0. The summed E-state index contributed by atoms with van der Waals surface area (Å²) in [6.07, 6.45) is 2.52. The molecule has 1 aromatic carbocycles. The van der Waals surface area contributed by atoms with Crippen LogP contribution in [0, 0.1) is 5.82 Å². The van der Waals surface area contributed by atoms with Crippen molar-refractivity contribution in [1.82, 2.24) is 5.32 Å². The van der Waals surface area contributed by atoms with Crippen LogP contribution in [0.2, 0.25) is 5.02 Å². The first-order chi connectivity index (χ1) is 7.25. The SMILES string of the molecule is Fc1cc(OCCNC2CC2)ccc1Cl. The maximum atomic E-state index is 13.0. The van der Waals surface area contributed by atoms with Gasteiger partial charge in [-0.3, -0.25) is 0 Å². The number of hydrogen-bond donors (Lipinski definition) is 1. The van der Waals surface area contributed by atoms with Gasteiger partial charge < -0.3 is 10.1 Å². The molecule has 0 spiro atoms. The van der Waals surface area contributed by atoms with Crippen molar-refractivity contribution in [1.29, 1.82) is 0 Å². The average molecular weight is 230 g/mol. The normalized spacial score (nSPS) is 15.3. The Morgan fingerprint density at radius 2 is 2.27 bits per heavy atom. The molecule has 0 saturated heterocycles. The van der Waals surface area contributed by atoms with E-state index in [2.05, 4.69) is 5.32 Å². The molecule has 15 heavy (non-hydrogen) atoms. The van der Waals surface area contributed by atoms with Gasteiger partial charge in [0.05, 0.1) is 5.02 Å². The lowest BCUT2D eigenvalue weighted by molar-refractivity contribution is 0.312. The van der Waals surface area contributed by atoms with Crippen LogP contribution in [-0.4, -0.2) is 19.2 Å². The Labute approximate surface area is 93.4 Å². The quantitative estimate of drug-likeness (QED) is 0.784. The molecule has 0 unspecified atom stereocenters. The van der Waals surface area contributed by atoms with Gasteiger partial charge in [0.1, 0.15) is 18.2 Å². The van der Waals surface area contributed by atoms with Gasteiger partial charge in [-0.1, -0.05) is 11.6 Å². The predicted molar refractivity (Wildman–Crippen MR) is 57.9 cm³/mol. The second-order valence-electron chi connectivity index (χ2n) is 3.65. The van der Waals surface area contributed by atoms with Crippen LogP contribution in [0.25, 0.3) is 0 Å². The van der Waals surface area contributed by atoms with Crippen LogP contribution in [0.5, 0.6) is 5.75 Å². The lowest BCUT2D eigenvalue weighted by atomic mass is 10.3. The van der Waals surface area contributed by atoms with Crippen LogP contribution in [0.4, 0.5) is 4.39 Å². The largest absolute Gasteiger partial charge is 0.492 e. The van der Waals surface area contributed by atoms with Crippen molar-refractivity contribution in [2.24, 2.45) is 0 Å². The summed E-state index contributed by atoms with van der Waals surface area (Å²) < 4.78 is 18.4. The molecule has 1 aliphatic rings. The Kier molecular flexibility index (Phi) is 3.44. The van der Waals surface area contributed by atoms with E-state index in [-0.39, 0.29) is 5.02 Å². The molecule has 0 atom stereocenters. The molecule has 0 heterocycles. The van der Waals surface area contributed by atoms with E-state index >= 15 is 0 Å². The molecule has 0 aromatic heterocycles. The van der Waals surface area contributed by atoms with Crippen LogP contribution < -0.4 is 10.1 Å². The minimum absolute atomic E-state index is 0.124. The second-order valence-corrected chi connectivity index (χ2v) is 4.06. The molecule has 0 amide bonds. The van der Waals surface area contributed by atoms with Crippen molar-refractivity contribution >= 4 is 11.6 Å². The lowest BCUT2D eigenvalue weighted by Gasteiger charge is -2.07. The highest BCUT2D eigenvalue weighted by molar-refractivity contribution is 6.30. The Bertz CT molecular complexity index is 341. The van der Waals surface area contributed by atoms with Crippen molar-refractivity contribution in [3.8, 4) is 5.75 Å². The zero-order valence-electron chi connectivity index (χ0n) is 8.30. The summed E-state index contributed by atoms with van der Waals surface area (Å²) in [4.78, 5) is 0. The fourth-order valence-corrected chi connectivity index (χ4v) is 1.40. The minimum atomic E-state index is -0.440. The molecule has 1 aliphatic carbocycles. The monoisotopic (exact) mass is 229 g/mol. The summed E-state index contributed by atoms with van der Waals surface area (Å²) >= 11 is 5.55. The van der Waals surface area contributed by atoms with E-state index < -0.39 is 5.82 Å². The van der Waals surface area contributed by atoms with Gasteiger partial charge in [0.25, 0.3) is 0 Å². The summed E-state index contributed by atoms with van der Waals surface area (Å²) in [6.45, 7) is 1.35. The van der Waals surface area contributed by atoms with Gasteiger partial charge in [-0.05, 0) is 25.0 Å². The predicted octanol–water partition coefficient (Wildman–Crippen LogP) is 2.61. The van der Waals surface area contributed by atoms with Crippen LogP contribution in [0.3, 0.4) is 0 Å². The van der Waals surface area contributed by atoms with Gasteiger partial charge in [-0.25, -0.2) is 4.39 Å². The van der Waals surface area contributed by atoms with E-state index in [0.717, 1.165) is 6.54 Å². The molecular weight excluding hydrogens is 217 g/mol. The molecule has 1 aromatic rings. The van der Waals surface area contributed by atoms with E-state index in [1.54, 1.807) is 6.07 Å². The molecule has 1 saturated carbocycles. The molecular formula is C11H13ClFNO. The molecule has 1 N–H and O–H groups in total. The first kappa shape index (κ1) is 10.7. The first-order valence-corrected chi connectivity index (χ1v) is 5.45. The molecule has 2 rings (SSSR count). The number of rotatable bonds is 5. The van der Waals surface area contributed by atoms with E-state index in [4.69, 9.17) is 16.3 Å². The minimum Gasteiger partial charge on any atom is -0.492 e. The molecule has 4 heteroatoms. The summed E-state index contributed by atoms with van der Waals surface area (Å²) in [6, 6.07) is 5.15. The molecule has 2 nitrogen and oxygen atoms in total. The first-order valence-electron chi connectivity index (χ1n) is 5.07. The Morgan fingerprint density at radius 1 is 1.47 bits per heavy atom. The van der Waals surface area contributed by atoms with E-state index in [1.807, 2.05) is 0 Å². The third-order valence-electron chi connectivity index (χ3n) is 2.27. The Hall–Kier alpha value is -0.800. The highest BCUT2D eigenvalue weighted by atomic mass is 35.5. The number of nitrogens with one attached hydrogen (secondary N) is 1. The van der Waals surface area contributed by atoms with Crippen molar-refractivity contribution in [2.45, 2.75) is 18.9 Å². The zero-order chi connectivity index (χ0) is 10.7. The molecule has 0 aliphatic heterocycles. The summed E-state index contributed by atoms with van der Waals surface area (Å²) in [7, 11) is 0. The number of hydrogen-bond acceptors (Lipinski definition) is 2. The Morgan fingerprint density at radius 3 is 2.93 bits per heavy atom. The van der Waals surface area contributed by atoms with Crippen LogP contribution in [-0.2, 0) is 0 Å². The summed E-state index contributed by atoms with van der Waals surface area (Å²) in [5, 5.41) is 3.43. The Balaban J connectivity index is 1.74. The average Bonchev–Trinajstić information content (AvgIpc) is 3.02. The van der Waals surface area contributed by atoms with Gasteiger partial charge in [-0.2, -0.15) is 0 Å². The fraction of sp³-hybridized carbons (Fsp3) is 0.455. The zero-order valence-corrected chi connectivity index (χ0v) is 9.06. The van der Waals surface area contributed by atoms with E-state index in [0.29, 0.717) is 18.4 Å². The maximum absolute atomic E-state index is 13.0. The van der Waals surface area contributed by atoms with Gasteiger partial charge in [0.15, 0.2) is 0 Å². The topological polar surface area (TPSA) is 21.3 Å². The van der Waals surface area contributed by atoms with Crippen molar-refractivity contribution in [2.75, 3.05) is 13.2 Å². The van der Waals surface area contributed by atoms with Crippen LogP contribution in [0.1, 0.15) is 12.8 Å². The van der Waals surface area contributed by atoms with Crippen LogP contribution >= 0.6 is 11.6 Å².